The SMILES string of the molecule is N#C/C(=C/c1cc(I)c(O)c([N+](=O)[O-])c1)C(=O)N1CCN(c2ccccc2)CC1. The third kappa shape index (κ3) is 4.65. The molecular weight excluding hydrogens is 487 g/mol. The molecule has 0 radical (unpaired) electrons. The molecule has 0 unspecified atom stereocenters. The Labute approximate surface area is 180 Å². The van der Waals surface area contributed by atoms with Gasteiger partial charge in [-0.2, -0.15) is 5.26 Å². The molecule has 1 N–H and O–H groups in total. The van der Waals surface area contributed by atoms with Crippen molar-refractivity contribution in [1.82, 2.24) is 4.90 Å². The van der Waals surface area contributed by atoms with Crippen molar-refractivity contribution in [2.75, 3.05) is 31.1 Å². The molecule has 9 heteroatoms. The van der Waals surface area contributed by atoms with E-state index in [2.05, 4.69) is 4.90 Å². The Morgan fingerprint density at radius 3 is 2.45 bits per heavy atom. The number of phenolic OH excluding ortho intramolecular Hbond substituents is 1. The lowest BCUT2D eigenvalue weighted by molar-refractivity contribution is -0.386. The zero-order valence-corrected chi connectivity index (χ0v) is 17.4. The zero-order chi connectivity index (χ0) is 21.0. The lowest BCUT2D eigenvalue weighted by Crippen LogP contribution is -2.49. The maximum Gasteiger partial charge on any atom is 0.312 e. The molecule has 0 bridgehead atoms. The fourth-order valence-corrected chi connectivity index (χ4v) is 3.75. The van der Waals surface area contributed by atoms with E-state index >= 15 is 0 Å². The Balaban J connectivity index is 1.76. The highest BCUT2D eigenvalue weighted by molar-refractivity contribution is 14.1. The Hall–Kier alpha value is -3.13. The first-order valence-electron chi connectivity index (χ1n) is 8.78. The number of phenols is 1. The molecule has 0 saturated carbocycles. The van der Waals surface area contributed by atoms with Crippen LogP contribution in [0.15, 0.2) is 48.0 Å². The van der Waals surface area contributed by atoms with Crippen molar-refractivity contribution in [2.45, 2.75) is 0 Å². The summed E-state index contributed by atoms with van der Waals surface area (Å²) in [6, 6.07) is 14.4. The first kappa shape index (κ1) is 20.6. The third-order valence-electron chi connectivity index (χ3n) is 4.61. The monoisotopic (exact) mass is 504 g/mol. The van der Waals surface area contributed by atoms with Crippen molar-refractivity contribution in [2.24, 2.45) is 0 Å². The van der Waals surface area contributed by atoms with E-state index in [1.807, 2.05) is 36.4 Å². The molecule has 0 atom stereocenters. The van der Waals surface area contributed by atoms with Gasteiger partial charge in [0.05, 0.1) is 8.49 Å². The number of benzene rings is 2. The van der Waals surface area contributed by atoms with Crippen molar-refractivity contribution < 1.29 is 14.8 Å². The van der Waals surface area contributed by atoms with Crippen LogP contribution < -0.4 is 4.90 Å². The number of hydrogen-bond acceptors (Lipinski definition) is 6. The average Bonchev–Trinajstić information content (AvgIpc) is 2.74. The quantitative estimate of drug-likeness (QED) is 0.225. The van der Waals surface area contributed by atoms with Gasteiger partial charge in [0.25, 0.3) is 5.91 Å². The van der Waals surface area contributed by atoms with Gasteiger partial charge >= 0.3 is 5.69 Å². The number of para-hydroxylation sites is 1. The molecule has 3 rings (SSSR count). The summed E-state index contributed by atoms with van der Waals surface area (Å²) in [5.41, 5.74) is 0.826. The number of halogens is 1. The van der Waals surface area contributed by atoms with E-state index in [-0.39, 0.29) is 9.14 Å². The highest BCUT2D eigenvalue weighted by atomic mass is 127. The number of amides is 1. The number of nitro groups is 1. The number of aromatic hydroxyl groups is 1. The molecule has 29 heavy (non-hydrogen) atoms. The number of hydrogen-bond donors (Lipinski definition) is 1. The predicted molar refractivity (Wildman–Crippen MR) is 116 cm³/mol. The molecule has 0 spiro atoms. The summed E-state index contributed by atoms with van der Waals surface area (Å²) in [6.45, 7) is 2.24. The molecule has 1 fully saturated rings. The summed E-state index contributed by atoms with van der Waals surface area (Å²) in [5, 5.41) is 30.3. The van der Waals surface area contributed by atoms with Crippen molar-refractivity contribution in [1.29, 1.82) is 5.26 Å². The fraction of sp³-hybridized carbons (Fsp3) is 0.200. The van der Waals surface area contributed by atoms with Gasteiger partial charge in [0.2, 0.25) is 5.75 Å². The second kappa shape index (κ2) is 8.91. The van der Waals surface area contributed by atoms with Crippen LogP contribution in [0.5, 0.6) is 5.75 Å². The summed E-state index contributed by atoms with van der Waals surface area (Å²) < 4.78 is 0.268. The Morgan fingerprint density at radius 2 is 1.86 bits per heavy atom. The van der Waals surface area contributed by atoms with Gasteiger partial charge in [0, 0.05) is 37.9 Å². The lowest BCUT2D eigenvalue weighted by atomic mass is 10.1. The minimum Gasteiger partial charge on any atom is -0.501 e. The number of rotatable bonds is 4. The molecule has 1 amide bonds. The predicted octanol–water partition coefficient (Wildman–Crippen LogP) is 3.16. The molecule has 8 nitrogen and oxygen atoms in total. The zero-order valence-electron chi connectivity index (χ0n) is 15.3. The maximum atomic E-state index is 12.8. The molecule has 1 saturated heterocycles. The van der Waals surface area contributed by atoms with Gasteiger partial charge in [-0.15, -0.1) is 0 Å². The average molecular weight is 504 g/mol. The van der Waals surface area contributed by atoms with E-state index in [4.69, 9.17) is 0 Å². The number of anilines is 1. The van der Waals surface area contributed by atoms with E-state index in [0.717, 1.165) is 11.8 Å². The molecule has 2 aromatic carbocycles. The van der Waals surface area contributed by atoms with Crippen molar-refractivity contribution in [3.05, 3.63) is 67.3 Å². The van der Waals surface area contributed by atoms with E-state index in [0.29, 0.717) is 31.7 Å². The highest BCUT2D eigenvalue weighted by Gasteiger charge is 2.24. The number of carbonyl (C=O) groups is 1. The van der Waals surface area contributed by atoms with Gasteiger partial charge < -0.3 is 14.9 Å². The van der Waals surface area contributed by atoms with Gasteiger partial charge in [-0.1, -0.05) is 18.2 Å². The maximum absolute atomic E-state index is 12.8. The molecule has 148 valence electrons. The van der Waals surface area contributed by atoms with Crippen molar-refractivity contribution in [3.8, 4) is 11.8 Å². The number of nitriles is 1. The van der Waals surface area contributed by atoms with Crippen LogP contribution in [-0.2, 0) is 4.79 Å². The van der Waals surface area contributed by atoms with E-state index < -0.39 is 22.3 Å². The molecule has 1 aliphatic rings. The Morgan fingerprint density at radius 1 is 1.21 bits per heavy atom. The van der Waals surface area contributed by atoms with Crippen molar-refractivity contribution >= 4 is 45.9 Å². The van der Waals surface area contributed by atoms with Crippen LogP contribution in [0.25, 0.3) is 6.08 Å². The number of carbonyl (C=O) groups excluding carboxylic acids is 1. The first-order chi connectivity index (χ1) is 13.9. The summed E-state index contributed by atoms with van der Waals surface area (Å²) in [6.07, 6.45) is 1.32. The van der Waals surface area contributed by atoms with Gasteiger partial charge in [-0.25, -0.2) is 0 Å². The molecule has 0 aromatic heterocycles. The summed E-state index contributed by atoms with van der Waals surface area (Å²) in [4.78, 5) is 26.9. The standard InChI is InChI=1S/C20H17IN4O4/c21-17-11-14(12-18(19(17)26)25(28)29)10-15(13-22)20(27)24-8-6-23(7-9-24)16-4-2-1-3-5-16/h1-5,10-12,26H,6-9H2/b15-10-. The number of piperazine rings is 1. The second-order valence-electron chi connectivity index (χ2n) is 6.41. The highest BCUT2D eigenvalue weighted by Crippen LogP contribution is 2.33. The van der Waals surface area contributed by atoms with Gasteiger partial charge in [-0.05, 0) is 52.4 Å². The fourth-order valence-electron chi connectivity index (χ4n) is 3.11. The van der Waals surface area contributed by atoms with Crippen LogP contribution in [0.2, 0.25) is 0 Å². The van der Waals surface area contributed by atoms with Crippen LogP contribution in [0, 0.1) is 25.0 Å². The lowest BCUT2D eigenvalue weighted by Gasteiger charge is -2.36. The Kier molecular flexibility index (Phi) is 6.33. The van der Waals surface area contributed by atoms with Gasteiger partial charge in [-0.3, -0.25) is 14.9 Å². The Bertz CT molecular complexity index is 1010. The normalized spacial score (nSPS) is 14.4. The first-order valence-corrected chi connectivity index (χ1v) is 9.86. The molecule has 1 heterocycles. The van der Waals surface area contributed by atoms with Gasteiger partial charge in [0.15, 0.2) is 0 Å². The van der Waals surface area contributed by atoms with Crippen LogP contribution in [0.1, 0.15) is 5.56 Å². The summed E-state index contributed by atoms with van der Waals surface area (Å²) in [7, 11) is 0. The number of nitro benzene ring substituents is 1. The second-order valence-corrected chi connectivity index (χ2v) is 7.57. The smallest absolute Gasteiger partial charge is 0.312 e. The van der Waals surface area contributed by atoms with Crippen LogP contribution in [0.4, 0.5) is 11.4 Å². The molecule has 0 aliphatic carbocycles. The molecule has 2 aromatic rings. The summed E-state index contributed by atoms with van der Waals surface area (Å²) >= 11 is 1.77. The van der Waals surface area contributed by atoms with E-state index in [1.165, 1.54) is 12.1 Å². The minimum absolute atomic E-state index is 0.103. The topological polar surface area (TPSA) is 111 Å². The summed E-state index contributed by atoms with van der Waals surface area (Å²) in [5.74, 6) is -0.847. The van der Waals surface area contributed by atoms with Crippen LogP contribution in [0.3, 0.4) is 0 Å². The van der Waals surface area contributed by atoms with Crippen molar-refractivity contribution in [3.63, 3.8) is 0 Å². The van der Waals surface area contributed by atoms with Crippen LogP contribution in [-0.4, -0.2) is 47.0 Å². The third-order valence-corrected chi connectivity index (χ3v) is 5.43. The van der Waals surface area contributed by atoms with E-state index in [9.17, 15) is 25.3 Å². The molecular formula is C20H17IN4O4. The largest absolute Gasteiger partial charge is 0.501 e. The van der Waals surface area contributed by atoms with Gasteiger partial charge in [0.1, 0.15) is 11.6 Å². The van der Waals surface area contributed by atoms with E-state index in [1.54, 1.807) is 27.5 Å². The minimum atomic E-state index is -0.703. The number of nitrogens with zero attached hydrogens (tertiary/aromatic N) is 4. The van der Waals surface area contributed by atoms with Crippen LogP contribution >= 0.6 is 22.6 Å². The molecule has 1 aliphatic heterocycles.